The maximum absolute atomic E-state index is 13.5. The van der Waals surface area contributed by atoms with E-state index in [2.05, 4.69) is 5.32 Å². The first kappa shape index (κ1) is 18.7. The van der Waals surface area contributed by atoms with Gasteiger partial charge in [0.2, 0.25) is 0 Å². The number of anilines is 1. The summed E-state index contributed by atoms with van der Waals surface area (Å²) in [5.74, 6) is -2.86. The van der Waals surface area contributed by atoms with Crippen molar-refractivity contribution in [2.24, 2.45) is 0 Å². The molecule has 132 valence electrons. The second kappa shape index (κ2) is 8.48. The molecule has 0 aliphatic rings. The number of hydrogen-bond acceptors (Lipinski definition) is 4. The highest BCUT2D eigenvalue weighted by Crippen LogP contribution is 2.16. The lowest BCUT2D eigenvalue weighted by Gasteiger charge is -2.09. The molecule has 5 nitrogen and oxygen atoms in total. The number of carbonyl (C=O) groups excluding carboxylic acids is 2. The third-order valence-corrected chi connectivity index (χ3v) is 4.52. The van der Waals surface area contributed by atoms with Gasteiger partial charge in [-0.25, -0.2) is 13.6 Å². The van der Waals surface area contributed by atoms with Crippen molar-refractivity contribution in [3.63, 3.8) is 0 Å². The van der Waals surface area contributed by atoms with Crippen LogP contribution in [0.5, 0.6) is 0 Å². The van der Waals surface area contributed by atoms with Crippen LogP contribution in [0.4, 0.5) is 14.5 Å². The molecule has 1 atom stereocenters. The largest absolute Gasteiger partial charge is 0.452 e. The molecule has 2 aromatic rings. The van der Waals surface area contributed by atoms with E-state index in [-0.39, 0.29) is 11.3 Å². The quantitative estimate of drug-likeness (QED) is 0.797. The lowest BCUT2D eigenvalue weighted by atomic mass is 10.2. The Morgan fingerprint density at radius 3 is 2.60 bits per heavy atom. The molecule has 8 heteroatoms. The summed E-state index contributed by atoms with van der Waals surface area (Å²) in [6.45, 7) is 1.01. The molecule has 0 bridgehead atoms. The molecule has 0 aliphatic carbocycles. The topological polar surface area (TPSA) is 72.5 Å². The summed E-state index contributed by atoms with van der Waals surface area (Å²) in [7, 11) is -1.37. The molecule has 1 N–H and O–H groups in total. The smallest absolute Gasteiger partial charge is 0.339 e. The maximum atomic E-state index is 13.5. The van der Waals surface area contributed by atoms with Crippen LogP contribution >= 0.6 is 0 Å². The summed E-state index contributed by atoms with van der Waals surface area (Å²) in [5.41, 5.74) is -0.263. The average Bonchev–Trinajstić information content (AvgIpc) is 2.62. The Bertz CT molecular complexity index is 826. The zero-order valence-corrected chi connectivity index (χ0v) is 14.1. The van der Waals surface area contributed by atoms with E-state index in [1.807, 2.05) is 0 Å². The van der Waals surface area contributed by atoms with E-state index in [9.17, 15) is 22.6 Å². The summed E-state index contributed by atoms with van der Waals surface area (Å²) >= 11 is 0. The van der Waals surface area contributed by atoms with Crippen molar-refractivity contribution < 1.29 is 27.3 Å². The van der Waals surface area contributed by atoms with Crippen LogP contribution in [0.3, 0.4) is 0 Å². The van der Waals surface area contributed by atoms with Crippen LogP contribution in [0.2, 0.25) is 0 Å². The van der Waals surface area contributed by atoms with Crippen molar-refractivity contribution in [3.8, 4) is 0 Å². The molecular formula is C17H15F2NO4S. The highest BCUT2D eigenvalue weighted by atomic mass is 32.2. The van der Waals surface area contributed by atoms with Crippen LogP contribution in [0.15, 0.2) is 47.4 Å². The number of hydrogen-bond donors (Lipinski definition) is 1. The molecule has 0 fully saturated rings. The average molecular weight is 367 g/mol. The summed E-state index contributed by atoms with van der Waals surface area (Å²) < 4.78 is 43.3. The van der Waals surface area contributed by atoms with Crippen LogP contribution in [0, 0.1) is 11.6 Å². The van der Waals surface area contributed by atoms with E-state index >= 15 is 0 Å². The number of ether oxygens (including phenoxy) is 1. The van der Waals surface area contributed by atoms with Gasteiger partial charge in [-0.3, -0.25) is 9.00 Å². The van der Waals surface area contributed by atoms with Crippen molar-refractivity contribution in [3.05, 3.63) is 59.7 Å². The molecule has 0 spiro atoms. The van der Waals surface area contributed by atoms with Crippen molar-refractivity contribution in [2.45, 2.75) is 11.8 Å². The Kier molecular flexibility index (Phi) is 6.35. The van der Waals surface area contributed by atoms with Crippen molar-refractivity contribution >= 4 is 28.4 Å². The second-order valence-electron chi connectivity index (χ2n) is 4.88. The molecule has 1 amide bonds. The first-order valence-corrected chi connectivity index (χ1v) is 8.63. The van der Waals surface area contributed by atoms with E-state index in [0.29, 0.717) is 10.6 Å². The number of carbonyl (C=O) groups is 2. The fourth-order valence-corrected chi connectivity index (χ4v) is 2.92. The fourth-order valence-electron chi connectivity index (χ4n) is 1.98. The van der Waals surface area contributed by atoms with Crippen LogP contribution < -0.4 is 5.32 Å². The standard InChI is InChI=1S/C17H15F2NO4S/c1-2-25(23)15-6-4-3-5-12(15)17(22)24-10-16(21)20-14-9-11(18)7-8-13(14)19/h3-9H,2,10H2,1H3,(H,20,21)/t25-/m0/s1. The molecule has 0 unspecified atom stereocenters. The number of esters is 1. The molecule has 0 saturated heterocycles. The summed E-state index contributed by atoms with van der Waals surface area (Å²) in [6.07, 6.45) is 0. The highest BCUT2D eigenvalue weighted by molar-refractivity contribution is 7.85. The van der Waals surface area contributed by atoms with Crippen LogP contribution in [-0.2, 0) is 20.3 Å². The fraction of sp³-hybridized carbons (Fsp3) is 0.176. The molecule has 0 saturated carbocycles. The zero-order chi connectivity index (χ0) is 18.4. The minimum absolute atomic E-state index is 0.0902. The lowest BCUT2D eigenvalue weighted by Crippen LogP contribution is -2.22. The van der Waals surface area contributed by atoms with Gasteiger partial charge in [0, 0.05) is 11.8 Å². The van der Waals surface area contributed by atoms with Crippen LogP contribution in [-0.4, -0.2) is 28.4 Å². The minimum Gasteiger partial charge on any atom is -0.452 e. The Morgan fingerprint density at radius 1 is 1.16 bits per heavy atom. The predicted octanol–water partition coefficient (Wildman–Crippen LogP) is 2.89. The second-order valence-corrected chi connectivity index (χ2v) is 6.59. The van der Waals surface area contributed by atoms with E-state index < -0.39 is 40.9 Å². The lowest BCUT2D eigenvalue weighted by molar-refractivity contribution is -0.119. The number of nitrogens with one attached hydrogen (secondary N) is 1. The van der Waals surface area contributed by atoms with Crippen molar-refractivity contribution in [1.82, 2.24) is 0 Å². The van der Waals surface area contributed by atoms with Crippen LogP contribution in [0.1, 0.15) is 17.3 Å². The Morgan fingerprint density at radius 2 is 1.88 bits per heavy atom. The third-order valence-electron chi connectivity index (χ3n) is 3.15. The van der Waals surface area contributed by atoms with E-state index in [4.69, 9.17) is 4.74 Å². The molecular weight excluding hydrogens is 352 g/mol. The van der Waals surface area contributed by atoms with Gasteiger partial charge < -0.3 is 10.1 Å². The Hall–Kier alpha value is -2.61. The van der Waals surface area contributed by atoms with Gasteiger partial charge in [0.1, 0.15) is 11.6 Å². The van der Waals surface area contributed by atoms with Gasteiger partial charge >= 0.3 is 5.97 Å². The Labute approximate surface area is 145 Å². The van der Waals surface area contributed by atoms with E-state index in [1.54, 1.807) is 25.1 Å². The molecule has 25 heavy (non-hydrogen) atoms. The number of halogens is 2. The summed E-state index contributed by atoms with van der Waals surface area (Å²) in [4.78, 5) is 24.2. The monoisotopic (exact) mass is 367 g/mol. The first-order valence-electron chi connectivity index (χ1n) is 7.31. The van der Waals surface area contributed by atoms with Gasteiger partial charge in [0.25, 0.3) is 5.91 Å². The number of amides is 1. The van der Waals surface area contributed by atoms with Gasteiger partial charge in [-0.2, -0.15) is 0 Å². The van der Waals surface area contributed by atoms with E-state index in [1.165, 1.54) is 6.07 Å². The molecule has 2 aromatic carbocycles. The molecule has 0 aromatic heterocycles. The molecule has 0 radical (unpaired) electrons. The van der Waals surface area contributed by atoms with Crippen molar-refractivity contribution in [1.29, 1.82) is 0 Å². The highest BCUT2D eigenvalue weighted by Gasteiger charge is 2.17. The van der Waals surface area contributed by atoms with Crippen LogP contribution in [0.25, 0.3) is 0 Å². The van der Waals surface area contributed by atoms with Crippen molar-refractivity contribution in [2.75, 3.05) is 17.7 Å². The third kappa shape index (κ3) is 4.93. The molecule has 0 heterocycles. The SMILES string of the molecule is CC[S@](=O)c1ccccc1C(=O)OCC(=O)Nc1cc(F)ccc1F. The molecule has 0 aliphatic heterocycles. The van der Waals surface area contributed by atoms with E-state index in [0.717, 1.165) is 18.2 Å². The predicted molar refractivity (Wildman–Crippen MR) is 88.7 cm³/mol. The Balaban J connectivity index is 2.02. The van der Waals surface area contributed by atoms with Gasteiger partial charge in [-0.1, -0.05) is 19.1 Å². The van der Waals surface area contributed by atoms with Gasteiger partial charge in [0.15, 0.2) is 6.61 Å². The summed E-state index contributed by atoms with van der Waals surface area (Å²) in [5, 5.41) is 2.12. The minimum atomic E-state index is -1.37. The number of benzene rings is 2. The number of rotatable bonds is 6. The first-order chi connectivity index (χ1) is 11.9. The zero-order valence-electron chi connectivity index (χ0n) is 13.3. The summed E-state index contributed by atoms with van der Waals surface area (Å²) in [6, 6.07) is 8.79. The normalized spacial score (nSPS) is 11.6. The van der Waals surface area contributed by atoms with Gasteiger partial charge in [-0.15, -0.1) is 0 Å². The maximum Gasteiger partial charge on any atom is 0.339 e. The van der Waals surface area contributed by atoms with Gasteiger partial charge in [0.05, 0.1) is 26.9 Å². The van der Waals surface area contributed by atoms with Gasteiger partial charge in [-0.05, 0) is 24.3 Å². The molecule has 2 rings (SSSR count).